The van der Waals surface area contributed by atoms with E-state index in [1.54, 1.807) is 24.5 Å². The van der Waals surface area contributed by atoms with Crippen molar-refractivity contribution in [2.24, 2.45) is 0 Å². The van der Waals surface area contributed by atoms with Crippen molar-refractivity contribution in [1.82, 2.24) is 9.97 Å². The van der Waals surface area contributed by atoms with Crippen LogP contribution in [0.4, 0.5) is 14.5 Å². The minimum absolute atomic E-state index is 0.0784. The number of nitrogens with two attached hydrogens (primary N) is 1. The number of nitrogen functional groups attached to an aromatic ring is 1. The molecule has 1 aromatic heterocycles. The third kappa shape index (κ3) is 1.98. The van der Waals surface area contributed by atoms with Gasteiger partial charge in [0.15, 0.2) is 5.82 Å². The predicted octanol–water partition coefficient (Wildman–Crippen LogP) is 2.66. The fourth-order valence-electron chi connectivity index (χ4n) is 1.35. The molecule has 0 bridgehead atoms. The molecule has 5 heteroatoms. The Labute approximate surface area is 91.0 Å². The van der Waals surface area contributed by atoms with E-state index in [0.717, 1.165) is 0 Å². The van der Waals surface area contributed by atoms with Crippen LogP contribution in [0.1, 0.15) is 12.0 Å². The van der Waals surface area contributed by atoms with Crippen LogP contribution < -0.4 is 5.73 Å². The van der Waals surface area contributed by atoms with Crippen LogP contribution in [-0.4, -0.2) is 9.97 Å². The van der Waals surface area contributed by atoms with Crippen LogP contribution in [-0.2, 0) is 0 Å². The Morgan fingerprint density at radius 1 is 1.12 bits per heavy atom. The van der Waals surface area contributed by atoms with Crippen molar-refractivity contribution in [3.63, 3.8) is 0 Å². The van der Waals surface area contributed by atoms with Crippen LogP contribution in [0.2, 0.25) is 0 Å². The summed E-state index contributed by atoms with van der Waals surface area (Å²) in [6.45, 7) is 0. The summed E-state index contributed by atoms with van der Waals surface area (Å²) in [5.41, 5.74) is 5.87. The maximum absolute atomic E-state index is 12.6. The van der Waals surface area contributed by atoms with Crippen molar-refractivity contribution < 1.29 is 8.78 Å². The quantitative estimate of drug-likeness (QED) is 0.793. The van der Waals surface area contributed by atoms with E-state index in [4.69, 9.17) is 5.73 Å². The van der Waals surface area contributed by atoms with Gasteiger partial charge in [0.1, 0.15) is 0 Å². The molecule has 0 unspecified atom stereocenters. The Bertz CT molecular complexity index is 486. The number of rotatable bonds is 2. The summed E-state index contributed by atoms with van der Waals surface area (Å²) in [5.74, 6) is 0.407. The van der Waals surface area contributed by atoms with Crippen LogP contribution >= 0.6 is 0 Å². The summed E-state index contributed by atoms with van der Waals surface area (Å²) in [6, 6.07) is 6.04. The number of hydrogen-bond acceptors (Lipinski definition) is 3. The summed E-state index contributed by atoms with van der Waals surface area (Å²) in [5, 5.41) is 0. The van der Waals surface area contributed by atoms with Gasteiger partial charge < -0.3 is 5.73 Å². The smallest absolute Gasteiger partial charge is 0.265 e. The number of benzene rings is 1. The number of halogens is 2. The molecular formula is C11H9F2N3. The molecule has 2 N–H and O–H groups in total. The van der Waals surface area contributed by atoms with Gasteiger partial charge in [-0.2, -0.15) is 0 Å². The number of anilines is 1. The Hall–Kier alpha value is -2.04. The van der Waals surface area contributed by atoms with Gasteiger partial charge in [0.25, 0.3) is 6.43 Å². The topological polar surface area (TPSA) is 51.8 Å². The van der Waals surface area contributed by atoms with Crippen LogP contribution in [0.5, 0.6) is 0 Å². The van der Waals surface area contributed by atoms with E-state index < -0.39 is 6.43 Å². The Kier molecular flexibility index (Phi) is 2.76. The average molecular weight is 221 g/mol. The standard InChI is InChI=1S/C11H9F2N3/c12-10(13)8-6-7(2-3-9(8)14)11-15-4-1-5-16-11/h1-6,10H,14H2. The third-order valence-electron chi connectivity index (χ3n) is 2.15. The molecule has 0 aliphatic carbocycles. The first-order valence-electron chi connectivity index (χ1n) is 4.63. The van der Waals surface area contributed by atoms with E-state index in [1.165, 1.54) is 12.1 Å². The molecule has 0 aliphatic rings. The highest BCUT2D eigenvalue weighted by Gasteiger charge is 2.13. The van der Waals surface area contributed by atoms with Crippen LogP contribution in [0, 0.1) is 0 Å². The number of alkyl halides is 2. The lowest BCUT2D eigenvalue weighted by Gasteiger charge is -2.06. The molecule has 0 spiro atoms. The van der Waals surface area contributed by atoms with Gasteiger partial charge in [-0.05, 0) is 24.3 Å². The van der Waals surface area contributed by atoms with Gasteiger partial charge >= 0.3 is 0 Å². The molecule has 0 atom stereocenters. The Morgan fingerprint density at radius 2 is 1.81 bits per heavy atom. The molecule has 0 amide bonds. The Morgan fingerprint density at radius 3 is 2.44 bits per heavy atom. The molecule has 0 saturated carbocycles. The molecule has 2 rings (SSSR count). The molecule has 1 heterocycles. The van der Waals surface area contributed by atoms with Gasteiger partial charge in [0.2, 0.25) is 0 Å². The highest BCUT2D eigenvalue weighted by Crippen LogP contribution is 2.28. The van der Waals surface area contributed by atoms with Crippen molar-refractivity contribution >= 4 is 5.69 Å². The minimum Gasteiger partial charge on any atom is -0.398 e. The van der Waals surface area contributed by atoms with Crippen molar-refractivity contribution in [2.75, 3.05) is 5.73 Å². The van der Waals surface area contributed by atoms with Crippen molar-refractivity contribution in [2.45, 2.75) is 6.43 Å². The van der Waals surface area contributed by atoms with Crippen molar-refractivity contribution in [3.05, 3.63) is 42.2 Å². The zero-order chi connectivity index (χ0) is 11.5. The normalized spacial score (nSPS) is 10.7. The van der Waals surface area contributed by atoms with Gasteiger partial charge in [-0.1, -0.05) is 0 Å². The molecule has 0 fully saturated rings. The predicted molar refractivity (Wildman–Crippen MR) is 56.8 cm³/mol. The van der Waals surface area contributed by atoms with E-state index in [-0.39, 0.29) is 11.3 Å². The SMILES string of the molecule is Nc1ccc(-c2ncccn2)cc1C(F)F. The van der Waals surface area contributed by atoms with Crippen LogP contribution in [0.3, 0.4) is 0 Å². The highest BCUT2D eigenvalue weighted by molar-refractivity contribution is 5.62. The molecule has 0 aliphatic heterocycles. The van der Waals surface area contributed by atoms with Crippen molar-refractivity contribution in [1.29, 1.82) is 0 Å². The molecule has 0 radical (unpaired) electrons. The fourth-order valence-corrected chi connectivity index (χ4v) is 1.35. The summed E-state index contributed by atoms with van der Waals surface area (Å²) < 4.78 is 25.2. The van der Waals surface area contributed by atoms with Gasteiger partial charge in [0, 0.05) is 29.2 Å². The lowest BCUT2D eigenvalue weighted by Crippen LogP contribution is -1.96. The zero-order valence-electron chi connectivity index (χ0n) is 8.27. The van der Waals surface area contributed by atoms with E-state index in [2.05, 4.69) is 9.97 Å². The van der Waals surface area contributed by atoms with E-state index >= 15 is 0 Å². The van der Waals surface area contributed by atoms with Gasteiger partial charge in [-0.3, -0.25) is 0 Å². The van der Waals surface area contributed by atoms with Gasteiger partial charge in [-0.25, -0.2) is 18.7 Å². The molecule has 0 saturated heterocycles. The first kappa shape index (κ1) is 10.5. The first-order chi connectivity index (χ1) is 7.68. The second kappa shape index (κ2) is 4.22. The van der Waals surface area contributed by atoms with Crippen molar-refractivity contribution in [3.8, 4) is 11.4 Å². The van der Waals surface area contributed by atoms with Gasteiger partial charge in [0.05, 0.1) is 0 Å². The summed E-state index contributed by atoms with van der Waals surface area (Å²) >= 11 is 0. The number of aromatic nitrogens is 2. The van der Waals surface area contributed by atoms with Gasteiger partial charge in [-0.15, -0.1) is 0 Å². The minimum atomic E-state index is -2.59. The second-order valence-corrected chi connectivity index (χ2v) is 3.22. The third-order valence-corrected chi connectivity index (χ3v) is 2.15. The molecule has 2 aromatic rings. The maximum atomic E-state index is 12.6. The van der Waals surface area contributed by atoms with E-state index in [0.29, 0.717) is 11.4 Å². The average Bonchev–Trinajstić information content (AvgIpc) is 2.30. The second-order valence-electron chi connectivity index (χ2n) is 3.22. The lowest BCUT2D eigenvalue weighted by molar-refractivity contribution is 0.152. The maximum Gasteiger partial charge on any atom is 0.265 e. The zero-order valence-corrected chi connectivity index (χ0v) is 8.27. The van der Waals surface area contributed by atoms with E-state index in [9.17, 15) is 8.78 Å². The molecular weight excluding hydrogens is 212 g/mol. The molecule has 82 valence electrons. The lowest BCUT2D eigenvalue weighted by atomic mass is 10.1. The molecule has 3 nitrogen and oxygen atoms in total. The Balaban J connectivity index is 2.48. The van der Waals surface area contributed by atoms with E-state index in [1.807, 2.05) is 0 Å². The summed E-state index contributed by atoms with van der Waals surface area (Å²) in [4.78, 5) is 7.96. The molecule has 1 aromatic carbocycles. The summed E-state index contributed by atoms with van der Waals surface area (Å²) in [6.07, 6.45) is 0.519. The fraction of sp³-hybridized carbons (Fsp3) is 0.0909. The number of hydrogen-bond donors (Lipinski definition) is 1. The molecule has 16 heavy (non-hydrogen) atoms. The first-order valence-corrected chi connectivity index (χ1v) is 4.63. The van der Waals surface area contributed by atoms with Crippen LogP contribution in [0.25, 0.3) is 11.4 Å². The summed E-state index contributed by atoms with van der Waals surface area (Å²) in [7, 11) is 0. The highest BCUT2D eigenvalue weighted by atomic mass is 19.3. The van der Waals surface area contributed by atoms with Crippen LogP contribution in [0.15, 0.2) is 36.7 Å². The monoisotopic (exact) mass is 221 g/mol. The number of nitrogens with zero attached hydrogens (tertiary/aromatic N) is 2. The largest absolute Gasteiger partial charge is 0.398 e.